The Bertz CT molecular complexity index is 236. The molecule has 0 aromatic heterocycles. The second-order valence-electron chi connectivity index (χ2n) is 6.17. The molecule has 0 unspecified atom stereocenters. The Morgan fingerprint density at radius 2 is 1.68 bits per heavy atom. The maximum Gasteiger partial charge on any atom is 0.0768 e. The van der Waals surface area contributed by atoms with E-state index in [0.29, 0.717) is 0 Å². The van der Waals surface area contributed by atoms with Crippen molar-refractivity contribution in [1.82, 2.24) is 14.7 Å². The third-order valence-corrected chi connectivity index (χ3v) is 4.49. The van der Waals surface area contributed by atoms with E-state index in [2.05, 4.69) is 42.6 Å². The highest BCUT2D eigenvalue weighted by molar-refractivity contribution is 4.78. The van der Waals surface area contributed by atoms with Gasteiger partial charge in [0.05, 0.1) is 5.60 Å². The topological polar surface area (TPSA) is 30.0 Å². The molecule has 4 heteroatoms. The number of hydrogen-bond donors (Lipinski definition) is 1. The molecule has 114 valence electrons. The van der Waals surface area contributed by atoms with Crippen molar-refractivity contribution in [2.24, 2.45) is 0 Å². The summed E-state index contributed by atoms with van der Waals surface area (Å²) in [5.74, 6) is 0. The highest BCUT2D eigenvalue weighted by Gasteiger charge is 2.23. The normalized spacial score (nSPS) is 19.3. The molecule has 0 aromatic rings. The second kappa shape index (κ2) is 8.20. The summed E-state index contributed by atoms with van der Waals surface area (Å²) in [5.41, 5.74) is -0.497. The predicted octanol–water partition coefficient (Wildman–Crippen LogP) is 1.11. The molecule has 1 fully saturated rings. The van der Waals surface area contributed by atoms with Crippen molar-refractivity contribution in [2.45, 2.75) is 38.7 Å². The van der Waals surface area contributed by atoms with Crippen molar-refractivity contribution in [2.75, 3.05) is 59.9 Å². The molecule has 1 saturated heterocycles. The van der Waals surface area contributed by atoms with E-state index in [4.69, 9.17) is 0 Å². The molecule has 0 bridgehead atoms. The average molecular weight is 271 g/mol. The summed E-state index contributed by atoms with van der Waals surface area (Å²) in [4.78, 5) is 7.23. The van der Waals surface area contributed by atoms with E-state index in [0.717, 1.165) is 25.9 Å². The van der Waals surface area contributed by atoms with Crippen LogP contribution < -0.4 is 0 Å². The molecule has 1 aliphatic heterocycles. The van der Waals surface area contributed by atoms with Gasteiger partial charge < -0.3 is 19.8 Å². The van der Waals surface area contributed by atoms with E-state index in [9.17, 15) is 5.11 Å². The average Bonchev–Trinajstić information content (AvgIpc) is 2.41. The molecule has 0 aliphatic carbocycles. The first-order chi connectivity index (χ1) is 8.99. The van der Waals surface area contributed by atoms with Crippen molar-refractivity contribution in [3.63, 3.8) is 0 Å². The van der Waals surface area contributed by atoms with Gasteiger partial charge in [0.1, 0.15) is 0 Å². The number of aliphatic hydroxyl groups is 1. The largest absolute Gasteiger partial charge is 0.389 e. The molecule has 0 amide bonds. The number of piperazine rings is 1. The molecular formula is C15H33N3O. The van der Waals surface area contributed by atoms with E-state index in [-0.39, 0.29) is 0 Å². The van der Waals surface area contributed by atoms with Gasteiger partial charge >= 0.3 is 0 Å². The van der Waals surface area contributed by atoms with Crippen molar-refractivity contribution in [1.29, 1.82) is 0 Å². The quantitative estimate of drug-likeness (QED) is 0.716. The lowest BCUT2D eigenvalue weighted by atomic mass is 9.97. The molecule has 1 N–H and O–H groups in total. The van der Waals surface area contributed by atoms with Crippen LogP contribution in [0.5, 0.6) is 0 Å². The van der Waals surface area contributed by atoms with Crippen LogP contribution in [-0.2, 0) is 0 Å². The van der Waals surface area contributed by atoms with E-state index < -0.39 is 5.60 Å². The summed E-state index contributed by atoms with van der Waals surface area (Å²) in [6, 6.07) is 0. The highest BCUT2D eigenvalue weighted by Crippen LogP contribution is 2.15. The summed E-state index contributed by atoms with van der Waals surface area (Å²) in [7, 11) is 4.32. The molecule has 0 atom stereocenters. The zero-order valence-corrected chi connectivity index (χ0v) is 13.4. The van der Waals surface area contributed by atoms with Crippen LogP contribution in [0.2, 0.25) is 0 Å². The maximum atomic E-state index is 10.3. The van der Waals surface area contributed by atoms with Gasteiger partial charge in [0.25, 0.3) is 0 Å². The Labute approximate surface area is 119 Å². The summed E-state index contributed by atoms with van der Waals surface area (Å²) in [6.07, 6.45) is 2.88. The molecule has 0 radical (unpaired) electrons. The zero-order valence-electron chi connectivity index (χ0n) is 13.4. The van der Waals surface area contributed by atoms with E-state index in [1.165, 1.54) is 39.1 Å². The Balaban J connectivity index is 2.15. The second-order valence-corrected chi connectivity index (χ2v) is 6.17. The minimum absolute atomic E-state index is 0.497. The monoisotopic (exact) mass is 271 g/mol. The van der Waals surface area contributed by atoms with Gasteiger partial charge in [-0.25, -0.2) is 0 Å². The molecule has 1 aliphatic rings. The molecule has 0 spiro atoms. The van der Waals surface area contributed by atoms with Gasteiger partial charge in [0.2, 0.25) is 0 Å². The lowest BCUT2D eigenvalue weighted by molar-refractivity contribution is 0.00222. The van der Waals surface area contributed by atoms with Crippen molar-refractivity contribution >= 4 is 0 Å². The lowest BCUT2D eigenvalue weighted by Gasteiger charge is -2.33. The van der Waals surface area contributed by atoms with Gasteiger partial charge in [-0.1, -0.05) is 13.8 Å². The van der Waals surface area contributed by atoms with E-state index in [1.54, 1.807) is 0 Å². The van der Waals surface area contributed by atoms with Gasteiger partial charge in [-0.2, -0.15) is 0 Å². The fraction of sp³-hybridized carbons (Fsp3) is 1.00. The van der Waals surface area contributed by atoms with Crippen molar-refractivity contribution < 1.29 is 5.11 Å². The van der Waals surface area contributed by atoms with Gasteiger partial charge in [-0.15, -0.1) is 0 Å². The Kier molecular flexibility index (Phi) is 7.29. The SMILES string of the molecule is CCC(O)(CC)CN(C)CCCN1CCN(C)CC1. The van der Waals surface area contributed by atoms with Crippen molar-refractivity contribution in [3.8, 4) is 0 Å². The fourth-order valence-corrected chi connectivity index (χ4v) is 2.69. The zero-order chi connectivity index (χ0) is 14.3. The van der Waals surface area contributed by atoms with Crippen molar-refractivity contribution in [3.05, 3.63) is 0 Å². The molecular weight excluding hydrogens is 238 g/mol. The first kappa shape index (κ1) is 16.9. The third-order valence-electron chi connectivity index (χ3n) is 4.49. The first-order valence-electron chi connectivity index (χ1n) is 7.81. The molecule has 1 rings (SSSR count). The highest BCUT2D eigenvalue weighted by atomic mass is 16.3. The van der Waals surface area contributed by atoms with Crippen LogP contribution in [0.15, 0.2) is 0 Å². The van der Waals surface area contributed by atoms with Gasteiger partial charge in [-0.3, -0.25) is 0 Å². The molecule has 4 nitrogen and oxygen atoms in total. The first-order valence-corrected chi connectivity index (χ1v) is 7.81. The lowest BCUT2D eigenvalue weighted by Crippen LogP contribution is -2.45. The van der Waals surface area contributed by atoms with Gasteiger partial charge in [0, 0.05) is 32.7 Å². The van der Waals surface area contributed by atoms with E-state index in [1.807, 2.05) is 0 Å². The molecule has 0 aromatic carbocycles. The number of nitrogens with zero attached hydrogens (tertiary/aromatic N) is 3. The molecule has 0 saturated carbocycles. The Hall–Kier alpha value is -0.160. The summed E-state index contributed by atoms with van der Waals surface area (Å²) >= 11 is 0. The van der Waals surface area contributed by atoms with Crippen LogP contribution >= 0.6 is 0 Å². The fourth-order valence-electron chi connectivity index (χ4n) is 2.69. The minimum Gasteiger partial charge on any atom is -0.389 e. The third kappa shape index (κ3) is 6.21. The molecule has 1 heterocycles. The summed E-state index contributed by atoms with van der Waals surface area (Å²) in [6.45, 7) is 12.0. The predicted molar refractivity (Wildman–Crippen MR) is 81.6 cm³/mol. The van der Waals surface area contributed by atoms with Crippen LogP contribution in [-0.4, -0.2) is 85.3 Å². The Morgan fingerprint density at radius 1 is 1.11 bits per heavy atom. The number of hydrogen-bond acceptors (Lipinski definition) is 4. The Morgan fingerprint density at radius 3 is 2.21 bits per heavy atom. The smallest absolute Gasteiger partial charge is 0.0768 e. The van der Waals surface area contributed by atoms with Crippen LogP contribution in [0.3, 0.4) is 0 Å². The maximum absolute atomic E-state index is 10.3. The number of rotatable bonds is 8. The van der Waals surface area contributed by atoms with E-state index >= 15 is 0 Å². The van der Waals surface area contributed by atoms with Crippen LogP contribution in [0.25, 0.3) is 0 Å². The minimum atomic E-state index is -0.497. The van der Waals surface area contributed by atoms with Crippen LogP contribution in [0.1, 0.15) is 33.1 Å². The van der Waals surface area contributed by atoms with Crippen LogP contribution in [0.4, 0.5) is 0 Å². The number of likely N-dealkylation sites (N-methyl/N-ethyl adjacent to an activating group) is 2. The summed E-state index contributed by atoms with van der Waals surface area (Å²) < 4.78 is 0. The molecule has 19 heavy (non-hydrogen) atoms. The standard InChI is InChI=1S/C15H33N3O/c1-5-15(19,6-2)14-17(4)8-7-9-18-12-10-16(3)11-13-18/h19H,5-14H2,1-4H3. The van der Waals surface area contributed by atoms with Gasteiger partial charge in [0.15, 0.2) is 0 Å². The summed E-state index contributed by atoms with van der Waals surface area (Å²) in [5, 5.41) is 10.3. The van der Waals surface area contributed by atoms with Crippen LogP contribution in [0, 0.1) is 0 Å². The van der Waals surface area contributed by atoms with Gasteiger partial charge in [-0.05, 0) is 46.4 Å².